The van der Waals surface area contributed by atoms with E-state index in [9.17, 15) is 0 Å². The Labute approximate surface area is 106 Å². The van der Waals surface area contributed by atoms with Gasteiger partial charge < -0.3 is 0 Å². The Hall–Kier alpha value is -1.66. The van der Waals surface area contributed by atoms with E-state index in [0.717, 1.165) is 10.7 Å². The first-order valence-corrected chi connectivity index (χ1v) is 6.39. The molecule has 17 heavy (non-hydrogen) atoms. The third-order valence-corrected chi connectivity index (χ3v) is 3.61. The second kappa shape index (κ2) is 4.68. The summed E-state index contributed by atoms with van der Waals surface area (Å²) in [6.07, 6.45) is 0.389. The molecule has 0 radical (unpaired) electrons. The summed E-state index contributed by atoms with van der Waals surface area (Å²) in [5.74, 6) is 0. The van der Waals surface area contributed by atoms with E-state index in [0.29, 0.717) is 6.42 Å². The highest BCUT2D eigenvalue weighted by Crippen LogP contribution is 2.30. The molecule has 0 fully saturated rings. The summed E-state index contributed by atoms with van der Waals surface area (Å²) >= 11 is 1.61. The van der Waals surface area contributed by atoms with Crippen LogP contribution in [0.1, 0.15) is 22.4 Å². The van der Waals surface area contributed by atoms with E-state index in [-0.39, 0.29) is 0 Å². The van der Waals surface area contributed by atoms with Crippen LogP contribution in [0.4, 0.5) is 0 Å². The zero-order chi connectivity index (χ0) is 12.4. The van der Waals surface area contributed by atoms with Crippen LogP contribution in [0.25, 0.3) is 10.6 Å². The standard InChI is InChI=1S/C14H14N2S/c1-9-6-10(2)13(11(3)7-9)14-16-12(4-5-15)8-17-14/h6-8H,4H2,1-3H3. The van der Waals surface area contributed by atoms with Crippen LogP contribution in [-0.2, 0) is 6.42 Å². The molecule has 0 bridgehead atoms. The van der Waals surface area contributed by atoms with Gasteiger partial charge in [-0.3, -0.25) is 0 Å². The molecule has 0 saturated heterocycles. The molecular formula is C14H14N2S. The molecule has 0 unspecified atom stereocenters. The van der Waals surface area contributed by atoms with Crippen molar-refractivity contribution < 1.29 is 0 Å². The largest absolute Gasteiger partial charge is 0.240 e. The van der Waals surface area contributed by atoms with Gasteiger partial charge in [0.05, 0.1) is 18.2 Å². The predicted octanol–water partition coefficient (Wildman–Crippen LogP) is 3.80. The van der Waals surface area contributed by atoms with Crippen molar-refractivity contribution in [2.75, 3.05) is 0 Å². The van der Waals surface area contributed by atoms with Gasteiger partial charge in [0.2, 0.25) is 0 Å². The molecule has 0 spiro atoms. The van der Waals surface area contributed by atoms with Crippen LogP contribution in [0.3, 0.4) is 0 Å². The zero-order valence-corrected chi connectivity index (χ0v) is 11.1. The third kappa shape index (κ3) is 2.37. The van der Waals surface area contributed by atoms with E-state index in [1.807, 2.05) is 5.38 Å². The quantitative estimate of drug-likeness (QED) is 0.803. The van der Waals surface area contributed by atoms with E-state index in [1.165, 1.54) is 22.3 Å². The Morgan fingerprint density at radius 3 is 2.47 bits per heavy atom. The Morgan fingerprint density at radius 2 is 1.88 bits per heavy atom. The summed E-state index contributed by atoms with van der Waals surface area (Å²) in [5, 5.41) is 11.6. The van der Waals surface area contributed by atoms with Crippen LogP contribution >= 0.6 is 11.3 Å². The minimum absolute atomic E-state index is 0.389. The number of hydrogen-bond donors (Lipinski definition) is 0. The number of hydrogen-bond acceptors (Lipinski definition) is 3. The zero-order valence-electron chi connectivity index (χ0n) is 10.2. The Bertz CT molecular complexity index is 568. The summed E-state index contributed by atoms with van der Waals surface area (Å²) in [7, 11) is 0. The van der Waals surface area contributed by atoms with Crippen molar-refractivity contribution in [3.63, 3.8) is 0 Å². The maximum absolute atomic E-state index is 8.66. The smallest absolute Gasteiger partial charge is 0.124 e. The van der Waals surface area contributed by atoms with Crippen molar-refractivity contribution in [2.24, 2.45) is 0 Å². The van der Waals surface area contributed by atoms with Gasteiger partial charge in [-0.05, 0) is 31.9 Å². The van der Waals surface area contributed by atoms with Gasteiger partial charge >= 0.3 is 0 Å². The van der Waals surface area contributed by atoms with Gasteiger partial charge in [0.25, 0.3) is 0 Å². The second-order valence-corrected chi connectivity index (χ2v) is 5.11. The fourth-order valence-corrected chi connectivity index (χ4v) is 3.09. The normalized spacial score (nSPS) is 10.2. The van der Waals surface area contributed by atoms with Crippen molar-refractivity contribution in [1.29, 1.82) is 5.26 Å². The summed E-state index contributed by atoms with van der Waals surface area (Å²) in [6.45, 7) is 6.33. The van der Waals surface area contributed by atoms with Crippen LogP contribution in [0.5, 0.6) is 0 Å². The van der Waals surface area contributed by atoms with Gasteiger partial charge in [-0.1, -0.05) is 17.7 Å². The van der Waals surface area contributed by atoms with Crippen molar-refractivity contribution in [2.45, 2.75) is 27.2 Å². The number of nitriles is 1. The maximum atomic E-state index is 8.66. The number of benzene rings is 1. The first-order chi connectivity index (χ1) is 8.11. The fourth-order valence-electron chi connectivity index (χ4n) is 2.10. The number of aryl methyl sites for hydroxylation is 3. The first-order valence-electron chi connectivity index (χ1n) is 5.51. The van der Waals surface area contributed by atoms with Crippen molar-refractivity contribution in [3.05, 3.63) is 39.9 Å². The Morgan fingerprint density at radius 1 is 1.24 bits per heavy atom. The van der Waals surface area contributed by atoms with Gasteiger partial charge in [0, 0.05) is 10.9 Å². The van der Waals surface area contributed by atoms with Gasteiger partial charge in [0.15, 0.2) is 0 Å². The van der Waals surface area contributed by atoms with Crippen LogP contribution in [0, 0.1) is 32.1 Å². The lowest BCUT2D eigenvalue weighted by Gasteiger charge is -2.08. The van der Waals surface area contributed by atoms with Gasteiger partial charge in [-0.2, -0.15) is 5.26 Å². The maximum Gasteiger partial charge on any atom is 0.124 e. The molecule has 0 N–H and O–H groups in total. The van der Waals surface area contributed by atoms with Crippen LogP contribution in [-0.4, -0.2) is 4.98 Å². The molecule has 1 heterocycles. The highest BCUT2D eigenvalue weighted by atomic mass is 32.1. The highest BCUT2D eigenvalue weighted by molar-refractivity contribution is 7.13. The summed E-state index contributed by atoms with van der Waals surface area (Å²) < 4.78 is 0. The molecule has 1 aromatic carbocycles. The minimum atomic E-state index is 0.389. The van der Waals surface area contributed by atoms with E-state index in [2.05, 4.69) is 44.0 Å². The molecule has 0 aliphatic carbocycles. The lowest BCUT2D eigenvalue weighted by Crippen LogP contribution is -1.90. The van der Waals surface area contributed by atoms with Crippen molar-refractivity contribution in [1.82, 2.24) is 4.98 Å². The summed E-state index contributed by atoms with van der Waals surface area (Å²) in [5.41, 5.74) is 5.86. The fraction of sp³-hybridized carbons (Fsp3) is 0.286. The monoisotopic (exact) mass is 242 g/mol. The first kappa shape index (κ1) is 11.8. The third-order valence-electron chi connectivity index (χ3n) is 2.70. The number of thiazole rings is 1. The molecule has 0 amide bonds. The number of nitrogens with zero attached hydrogens (tertiary/aromatic N) is 2. The number of rotatable bonds is 2. The Kier molecular flexibility index (Phi) is 3.26. The molecular weight excluding hydrogens is 228 g/mol. The van der Waals surface area contributed by atoms with Crippen molar-refractivity contribution >= 4 is 11.3 Å². The van der Waals surface area contributed by atoms with E-state index in [1.54, 1.807) is 11.3 Å². The molecule has 0 saturated carbocycles. The topological polar surface area (TPSA) is 36.7 Å². The molecule has 0 aliphatic heterocycles. The average molecular weight is 242 g/mol. The SMILES string of the molecule is Cc1cc(C)c(-c2nc(CC#N)cs2)c(C)c1. The van der Waals surface area contributed by atoms with Gasteiger partial charge in [-0.15, -0.1) is 11.3 Å². The minimum Gasteiger partial charge on any atom is -0.240 e. The molecule has 2 nitrogen and oxygen atoms in total. The molecule has 0 atom stereocenters. The van der Waals surface area contributed by atoms with E-state index >= 15 is 0 Å². The molecule has 0 aliphatic rings. The predicted molar refractivity (Wildman–Crippen MR) is 71.1 cm³/mol. The Balaban J connectivity index is 2.49. The lowest BCUT2D eigenvalue weighted by molar-refractivity contribution is 1.15. The molecule has 1 aromatic heterocycles. The van der Waals surface area contributed by atoms with Crippen LogP contribution in [0.2, 0.25) is 0 Å². The van der Waals surface area contributed by atoms with Crippen molar-refractivity contribution in [3.8, 4) is 16.6 Å². The van der Waals surface area contributed by atoms with Crippen LogP contribution < -0.4 is 0 Å². The molecule has 3 heteroatoms. The van der Waals surface area contributed by atoms with Gasteiger partial charge in [-0.25, -0.2) is 4.98 Å². The lowest BCUT2D eigenvalue weighted by atomic mass is 10.0. The number of aromatic nitrogens is 1. The average Bonchev–Trinajstić information content (AvgIpc) is 2.65. The summed E-state index contributed by atoms with van der Waals surface area (Å²) in [4.78, 5) is 4.52. The molecule has 86 valence electrons. The van der Waals surface area contributed by atoms with E-state index < -0.39 is 0 Å². The van der Waals surface area contributed by atoms with Gasteiger partial charge in [0.1, 0.15) is 5.01 Å². The second-order valence-electron chi connectivity index (χ2n) is 4.25. The molecule has 2 rings (SSSR count). The summed E-state index contributed by atoms with van der Waals surface area (Å²) in [6, 6.07) is 6.48. The molecule has 2 aromatic rings. The highest BCUT2D eigenvalue weighted by Gasteiger charge is 2.10. The van der Waals surface area contributed by atoms with E-state index in [4.69, 9.17) is 5.26 Å². The van der Waals surface area contributed by atoms with Crippen LogP contribution in [0.15, 0.2) is 17.5 Å².